The molecule has 0 aromatic heterocycles. The predicted molar refractivity (Wildman–Crippen MR) is 59.2 cm³/mol. The third-order valence-electron chi connectivity index (χ3n) is 2.61. The summed E-state index contributed by atoms with van der Waals surface area (Å²) in [6.07, 6.45) is 0.542. The second kappa shape index (κ2) is 5.79. The fourth-order valence-corrected chi connectivity index (χ4v) is 3.04. The molecule has 0 saturated carbocycles. The average molecular weight is 236 g/mol. The highest BCUT2D eigenvalue weighted by Crippen LogP contribution is 2.08. The quantitative estimate of drug-likeness (QED) is 0.613. The molecule has 5 nitrogen and oxygen atoms in total. The highest BCUT2D eigenvalue weighted by molar-refractivity contribution is 7.89. The minimum Gasteiger partial charge on any atom is -0.385 e. The Balaban J connectivity index is 2.35. The Kier molecular flexibility index (Phi) is 4.98. The first kappa shape index (κ1) is 12.9. The summed E-state index contributed by atoms with van der Waals surface area (Å²) in [6.45, 7) is 4.14. The summed E-state index contributed by atoms with van der Waals surface area (Å²) < 4.78 is 30.8. The van der Waals surface area contributed by atoms with E-state index in [9.17, 15) is 8.42 Å². The van der Waals surface area contributed by atoms with Crippen LogP contribution in [0.15, 0.2) is 0 Å². The second-order valence-corrected chi connectivity index (χ2v) is 5.90. The molecule has 2 atom stereocenters. The van der Waals surface area contributed by atoms with Crippen molar-refractivity contribution in [1.29, 1.82) is 0 Å². The first-order valence-electron chi connectivity index (χ1n) is 5.25. The van der Waals surface area contributed by atoms with Gasteiger partial charge in [0.1, 0.15) is 0 Å². The van der Waals surface area contributed by atoms with Crippen LogP contribution in [0.2, 0.25) is 0 Å². The summed E-state index contributed by atoms with van der Waals surface area (Å²) >= 11 is 0. The number of ether oxygens (including phenoxy) is 1. The molecule has 2 N–H and O–H groups in total. The van der Waals surface area contributed by atoms with E-state index in [0.29, 0.717) is 18.9 Å². The topological polar surface area (TPSA) is 67.4 Å². The fourth-order valence-electron chi connectivity index (χ4n) is 1.65. The van der Waals surface area contributed by atoms with Crippen LogP contribution in [0.1, 0.15) is 13.3 Å². The van der Waals surface area contributed by atoms with E-state index in [1.165, 1.54) is 0 Å². The number of nitrogens with one attached hydrogen (secondary N) is 2. The van der Waals surface area contributed by atoms with Gasteiger partial charge in [-0.2, -0.15) is 0 Å². The molecule has 15 heavy (non-hydrogen) atoms. The van der Waals surface area contributed by atoms with Gasteiger partial charge in [-0.1, -0.05) is 6.92 Å². The Morgan fingerprint density at radius 2 is 2.20 bits per heavy atom. The summed E-state index contributed by atoms with van der Waals surface area (Å²) in [7, 11) is -1.57. The molecule has 0 radical (unpaired) electrons. The van der Waals surface area contributed by atoms with Crippen LogP contribution in [0.25, 0.3) is 0 Å². The van der Waals surface area contributed by atoms with Crippen LogP contribution in [0.3, 0.4) is 0 Å². The molecule has 0 spiro atoms. The first-order valence-corrected chi connectivity index (χ1v) is 6.90. The minimum atomic E-state index is -3.14. The van der Waals surface area contributed by atoms with Crippen molar-refractivity contribution >= 4 is 10.0 Å². The van der Waals surface area contributed by atoms with E-state index in [0.717, 1.165) is 13.1 Å². The lowest BCUT2D eigenvalue weighted by molar-refractivity contribution is 0.199. The zero-order chi connectivity index (χ0) is 11.3. The van der Waals surface area contributed by atoms with E-state index in [1.807, 2.05) is 6.92 Å². The molecule has 0 amide bonds. The number of sulfonamides is 1. The molecule has 6 heteroatoms. The molecule has 90 valence electrons. The highest BCUT2D eigenvalue weighted by atomic mass is 32.2. The van der Waals surface area contributed by atoms with Crippen molar-refractivity contribution in [3.8, 4) is 0 Å². The van der Waals surface area contributed by atoms with Gasteiger partial charge in [0.2, 0.25) is 10.0 Å². The molecule has 2 unspecified atom stereocenters. The van der Waals surface area contributed by atoms with Gasteiger partial charge >= 0.3 is 0 Å². The molecule has 0 bridgehead atoms. The van der Waals surface area contributed by atoms with Crippen LogP contribution in [-0.4, -0.2) is 47.0 Å². The van der Waals surface area contributed by atoms with Crippen molar-refractivity contribution < 1.29 is 13.2 Å². The molecule has 0 aliphatic carbocycles. The van der Waals surface area contributed by atoms with Gasteiger partial charge in [0, 0.05) is 26.3 Å². The molecule has 1 rings (SSSR count). The van der Waals surface area contributed by atoms with Crippen LogP contribution in [0.4, 0.5) is 0 Å². The summed E-state index contributed by atoms with van der Waals surface area (Å²) in [5, 5.41) is 3.16. The standard InChI is InChI=1S/C9H20N2O3S/c1-8-6-10-7-9(8)11-15(12,13)5-3-4-14-2/h8-11H,3-7H2,1-2H3. The van der Waals surface area contributed by atoms with Crippen molar-refractivity contribution in [2.45, 2.75) is 19.4 Å². The van der Waals surface area contributed by atoms with Crippen molar-refractivity contribution in [3.63, 3.8) is 0 Å². The molecule has 0 aromatic carbocycles. The predicted octanol–water partition coefficient (Wildman–Crippen LogP) is -0.450. The minimum absolute atomic E-state index is 0.0394. The maximum absolute atomic E-state index is 11.6. The van der Waals surface area contributed by atoms with Crippen molar-refractivity contribution in [1.82, 2.24) is 10.0 Å². The van der Waals surface area contributed by atoms with Gasteiger partial charge in [0.25, 0.3) is 0 Å². The number of hydrogen-bond acceptors (Lipinski definition) is 4. The lowest BCUT2D eigenvalue weighted by Crippen LogP contribution is -2.40. The van der Waals surface area contributed by atoms with E-state index >= 15 is 0 Å². The van der Waals surface area contributed by atoms with Gasteiger partial charge in [0.05, 0.1) is 5.75 Å². The third-order valence-corrected chi connectivity index (χ3v) is 4.10. The average Bonchev–Trinajstić information content (AvgIpc) is 2.51. The van der Waals surface area contributed by atoms with Gasteiger partial charge in [0.15, 0.2) is 0 Å². The molecule has 1 aliphatic heterocycles. The lowest BCUT2D eigenvalue weighted by Gasteiger charge is -2.16. The third kappa shape index (κ3) is 4.46. The zero-order valence-corrected chi connectivity index (χ0v) is 10.1. The van der Waals surface area contributed by atoms with Crippen LogP contribution >= 0.6 is 0 Å². The number of methoxy groups -OCH3 is 1. The first-order chi connectivity index (χ1) is 7.05. The number of hydrogen-bond donors (Lipinski definition) is 2. The van der Waals surface area contributed by atoms with Gasteiger partial charge in [-0.3, -0.25) is 0 Å². The monoisotopic (exact) mass is 236 g/mol. The molecular formula is C9H20N2O3S. The lowest BCUT2D eigenvalue weighted by atomic mass is 10.1. The summed E-state index contributed by atoms with van der Waals surface area (Å²) in [4.78, 5) is 0. The Bertz CT molecular complexity index is 279. The smallest absolute Gasteiger partial charge is 0.211 e. The Morgan fingerprint density at radius 1 is 1.47 bits per heavy atom. The Hall–Kier alpha value is -0.170. The van der Waals surface area contributed by atoms with E-state index in [4.69, 9.17) is 4.74 Å². The molecular weight excluding hydrogens is 216 g/mol. The van der Waals surface area contributed by atoms with E-state index in [1.54, 1.807) is 7.11 Å². The van der Waals surface area contributed by atoms with Crippen molar-refractivity contribution in [3.05, 3.63) is 0 Å². The van der Waals surface area contributed by atoms with Gasteiger partial charge in [-0.05, 0) is 18.9 Å². The molecule has 1 saturated heterocycles. The van der Waals surface area contributed by atoms with Crippen molar-refractivity contribution in [2.24, 2.45) is 5.92 Å². The molecule has 1 heterocycles. The largest absolute Gasteiger partial charge is 0.385 e. The van der Waals surface area contributed by atoms with Crippen LogP contribution in [0.5, 0.6) is 0 Å². The van der Waals surface area contributed by atoms with Gasteiger partial charge < -0.3 is 10.1 Å². The van der Waals surface area contributed by atoms with Crippen LogP contribution < -0.4 is 10.0 Å². The zero-order valence-electron chi connectivity index (χ0n) is 9.32. The Morgan fingerprint density at radius 3 is 2.73 bits per heavy atom. The van der Waals surface area contributed by atoms with E-state index in [2.05, 4.69) is 10.0 Å². The molecule has 1 fully saturated rings. The fraction of sp³-hybridized carbons (Fsp3) is 1.00. The normalized spacial score (nSPS) is 27.1. The summed E-state index contributed by atoms with van der Waals surface area (Å²) in [5.41, 5.74) is 0. The molecule has 1 aliphatic rings. The number of rotatable bonds is 6. The summed E-state index contributed by atoms with van der Waals surface area (Å²) in [6, 6.07) is 0.0394. The Labute approximate surface area is 91.6 Å². The van der Waals surface area contributed by atoms with E-state index < -0.39 is 10.0 Å². The SMILES string of the molecule is COCCCS(=O)(=O)NC1CNCC1C. The van der Waals surface area contributed by atoms with E-state index in [-0.39, 0.29) is 11.8 Å². The maximum atomic E-state index is 11.6. The van der Waals surface area contributed by atoms with Crippen molar-refractivity contribution in [2.75, 3.05) is 32.6 Å². The van der Waals surface area contributed by atoms with Crippen LogP contribution in [-0.2, 0) is 14.8 Å². The second-order valence-electron chi connectivity index (χ2n) is 4.03. The molecule has 0 aromatic rings. The van der Waals surface area contributed by atoms with Gasteiger partial charge in [-0.15, -0.1) is 0 Å². The summed E-state index contributed by atoms with van der Waals surface area (Å²) in [5.74, 6) is 0.506. The highest BCUT2D eigenvalue weighted by Gasteiger charge is 2.26. The maximum Gasteiger partial charge on any atom is 0.211 e. The van der Waals surface area contributed by atoms with Gasteiger partial charge in [-0.25, -0.2) is 13.1 Å². The van der Waals surface area contributed by atoms with Crippen LogP contribution in [0, 0.1) is 5.92 Å².